The van der Waals surface area contributed by atoms with E-state index in [0.29, 0.717) is 16.4 Å². The lowest BCUT2D eigenvalue weighted by atomic mass is 10.2. The van der Waals surface area contributed by atoms with Gasteiger partial charge in [0.1, 0.15) is 5.69 Å². The van der Waals surface area contributed by atoms with Crippen LogP contribution in [0.15, 0.2) is 36.5 Å². The van der Waals surface area contributed by atoms with Crippen LogP contribution in [0.3, 0.4) is 0 Å². The highest BCUT2D eigenvalue weighted by Crippen LogP contribution is 2.23. The van der Waals surface area contributed by atoms with Gasteiger partial charge in [-0.15, -0.1) is 0 Å². The quantitative estimate of drug-likeness (QED) is 0.902. The molecule has 0 bridgehead atoms. The fraction of sp³-hybridized carbons (Fsp3) is 0.200. The Kier molecular flexibility index (Phi) is 4.58. The van der Waals surface area contributed by atoms with E-state index in [0.717, 1.165) is 17.8 Å². The summed E-state index contributed by atoms with van der Waals surface area (Å²) in [6, 6.07) is 8.98. The van der Waals surface area contributed by atoms with Crippen molar-refractivity contribution in [2.24, 2.45) is 0 Å². The third-order valence-corrected chi connectivity index (χ3v) is 3.08. The van der Waals surface area contributed by atoms with Crippen molar-refractivity contribution in [1.29, 1.82) is 0 Å². The van der Waals surface area contributed by atoms with Gasteiger partial charge in [-0.2, -0.15) is 0 Å². The molecular weight excluding hydrogens is 274 g/mol. The third-order valence-electron chi connectivity index (χ3n) is 2.75. The molecule has 2 N–H and O–H groups in total. The molecule has 1 amide bonds. The molecule has 0 aliphatic carbocycles. The summed E-state index contributed by atoms with van der Waals surface area (Å²) in [4.78, 5) is 16.2. The van der Waals surface area contributed by atoms with Crippen LogP contribution in [0.2, 0.25) is 5.02 Å². The molecule has 2 rings (SSSR count). The molecule has 2 aromatic rings. The molecule has 0 aliphatic rings. The van der Waals surface area contributed by atoms with Gasteiger partial charge in [-0.1, -0.05) is 17.7 Å². The zero-order valence-electron chi connectivity index (χ0n) is 11.4. The molecular formula is C15H16ClN3O. The summed E-state index contributed by atoms with van der Waals surface area (Å²) >= 11 is 6.05. The molecule has 1 aromatic heterocycles. The Morgan fingerprint density at radius 3 is 2.75 bits per heavy atom. The largest absolute Gasteiger partial charge is 0.384 e. The number of carbonyl (C=O) groups is 1. The maximum absolute atomic E-state index is 12.1. The second kappa shape index (κ2) is 6.39. The number of rotatable bonds is 4. The summed E-state index contributed by atoms with van der Waals surface area (Å²) in [6.45, 7) is 4.75. The maximum atomic E-state index is 12.1. The number of carbonyl (C=O) groups excluding carboxylic acids is 1. The number of nitrogens with zero attached hydrogens (tertiary/aromatic N) is 1. The number of anilines is 2. The smallest absolute Gasteiger partial charge is 0.274 e. The van der Waals surface area contributed by atoms with Crippen LogP contribution in [-0.4, -0.2) is 17.4 Å². The number of nitrogens with one attached hydrogen (secondary N) is 2. The average Bonchev–Trinajstić information content (AvgIpc) is 2.44. The van der Waals surface area contributed by atoms with Crippen molar-refractivity contribution in [3.05, 3.63) is 52.8 Å². The van der Waals surface area contributed by atoms with Gasteiger partial charge in [-0.05, 0) is 43.7 Å². The number of aromatic nitrogens is 1. The van der Waals surface area contributed by atoms with Crippen molar-refractivity contribution in [3.8, 4) is 0 Å². The highest BCUT2D eigenvalue weighted by Gasteiger charge is 2.09. The summed E-state index contributed by atoms with van der Waals surface area (Å²) in [5.74, 6) is -0.277. The van der Waals surface area contributed by atoms with Crippen LogP contribution in [0.4, 0.5) is 11.4 Å². The Morgan fingerprint density at radius 2 is 2.10 bits per heavy atom. The SMILES string of the molecule is CCNc1ccc(C(=O)Nc2cc(C)ccc2Cl)nc1. The average molecular weight is 290 g/mol. The molecule has 104 valence electrons. The molecule has 5 heteroatoms. The van der Waals surface area contributed by atoms with E-state index in [-0.39, 0.29) is 5.91 Å². The molecule has 1 heterocycles. The van der Waals surface area contributed by atoms with Crippen molar-refractivity contribution >= 4 is 28.9 Å². The van der Waals surface area contributed by atoms with Gasteiger partial charge in [0.2, 0.25) is 0 Å². The number of halogens is 1. The second-order valence-electron chi connectivity index (χ2n) is 4.40. The van der Waals surface area contributed by atoms with Gasteiger partial charge in [0.25, 0.3) is 5.91 Å². The Bertz CT molecular complexity index is 611. The number of hydrogen-bond acceptors (Lipinski definition) is 3. The van der Waals surface area contributed by atoms with Crippen molar-refractivity contribution in [2.45, 2.75) is 13.8 Å². The van der Waals surface area contributed by atoms with Crippen molar-refractivity contribution in [1.82, 2.24) is 4.98 Å². The van der Waals surface area contributed by atoms with E-state index in [2.05, 4.69) is 15.6 Å². The third kappa shape index (κ3) is 3.48. The lowest BCUT2D eigenvalue weighted by molar-refractivity contribution is 0.102. The summed E-state index contributed by atoms with van der Waals surface area (Å²) in [5, 5.41) is 6.40. The van der Waals surface area contributed by atoms with E-state index in [1.54, 1.807) is 18.3 Å². The Balaban J connectivity index is 2.13. The van der Waals surface area contributed by atoms with E-state index in [1.807, 2.05) is 32.0 Å². The number of pyridine rings is 1. The summed E-state index contributed by atoms with van der Waals surface area (Å²) in [6.07, 6.45) is 1.64. The monoisotopic (exact) mass is 289 g/mol. The number of hydrogen-bond donors (Lipinski definition) is 2. The first kappa shape index (κ1) is 14.3. The number of aryl methyl sites for hydroxylation is 1. The second-order valence-corrected chi connectivity index (χ2v) is 4.81. The molecule has 0 radical (unpaired) electrons. The normalized spacial score (nSPS) is 10.2. The zero-order chi connectivity index (χ0) is 14.5. The van der Waals surface area contributed by atoms with E-state index in [9.17, 15) is 4.79 Å². The van der Waals surface area contributed by atoms with Crippen LogP contribution in [0.1, 0.15) is 23.0 Å². The van der Waals surface area contributed by atoms with Crippen LogP contribution >= 0.6 is 11.6 Å². The van der Waals surface area contributed by atoms with Crippen LogP contribution in [0.5, 0.6) is 0 Å². The van der Waals surface area contributed by atoms with Crippen molar-refractivity contribution in [2.75, 3.05) is 17.2 Å². The molecule has 4 nitrogen and oxygen atoms in total. The van der Waals surface area contributed by atoms with Crippen LogP contribution < -0.4 is 10.6 Å². The van der Waals surface area contributed by atoms with Crippen LogP contribution in [0, 0.1) is 6.92 Å². The van der Waals surface area contributed by atoms with E-state index >= 15 is 0 Å². The molecule has 0 saturated heterocycles. The topological polar surface area (TPSA) is 54.0 Å². The molecule has 0 spiro atoms. The first-order valence-electron chi connectivity index (χ1n) is 6.37. The first-order valence-corrected chi connectivity index (χ1v) is 6.75. The molecule has 0 saturated carbocycles. The number of benzene rings is 1. The maximum Gasteiger partial charge on any atom is 0.274 e. The lowest BCUT2D eigenvalue weighted by Gasteiger charge is -2.08. The molecule has 0 atom stereocenters. The standard InChI is InChI=1S/C15H16ClN3O/c1-3-17-11-5-7-13(18-9-11)15(20)19-14-8-10(2)4-6-12(14)16/h4-9,17H,3H2,1-2H3,(H,19,20). The predicted octanol–water partition coefficient (Wildman–Crippen LogP) is 3.73. The zero-order valence-corrected chi connectivity index (χ0v) is 12.2. The fourth-order valence-corrected chi connectivity index (χ4v) is 1.92. The Morgan fingerprint density at radius 1 is 1.30 bits per heavy atom. The number of amides is 1. The highest BCUT2D eigenvalue weighted by molar-refractivity contribution is 6.33. The van der Waals surface area contributed by atoms with Gasteiger partial charge in [-0.3, -0.25) is 4.79 Å². The molecule has 0 aliphatic heterocycles. The van der Waals surface area contributed by atoms with E-state index in [1.165, 1.54) is 0 Å². The van der Waals surface area contributed by atoms with E-state index in [4.69, 9.17) is 11.6 Å². The lowest BCUT2D eigenvalue weighted by Crippen LogP contribution is -2.14. The van der Waals surface area contributed by atoms with Gasteiger partial charge < -0.3 is 10.6 Å². The summed E-state index contributed by atoms with van der Waals surface area (Å²) in [5.41, 5.74) is 2.86. The Hall–Kier alpha value is -2.07. The van der Waals surface area contributed by atoms with Gasteiger partial charge in [-0.25, -0.2) is 4.98 Å². The van der Waals surface area contributed by atoms with Gasteiger partial charge in [0.05, 0.1) is 22.6 Å². The van der Waals surface area contributed by atoms with Gasteiger partial charge >= 0.3 is 0 Å². The van der Waals surface area contributed by atoms with Crippen molar-refractivity contribution in [3.63, 3.8) is 0 Å². The van der Waals surface area contributed by atoms with Gasteiger partial charge in [0.15, 0.2) is 0 Å². The minimum atomic E-state index is -0.277. The minimum Gasteiger partial charge on any atom is -0.384 e. The minimum absolute atomic E-state index is 0.277. The van der Waals surface area contributed by atoms with Crippen LogP contribution in [-0.2, 0) is 0 Å². The van der Waals surface area contributed by atoms with Crippen LogP contribution in [0.25, 0.3) is 0 Å². The van der Waals surface area contributed by atoms with Gasteiger partial charge in [0, 0.05) is 6.54 Å². The highest BCUT2D eigenvalue weighted by atomic mass is 35.5. The summed E-state index contributed by atoms with van der Waals surface area (Å²) in [7, 11) is 0. The first-order chi connectivity index (χ1) is 9.60. The molecule has 0 unspecified atom stereocenters. The summed E-state index contributed by atoms with van der Waals surface area (Å²) < 4.78 is 0. The fourth-order valence-electron chi connectivity index (χ4n) is 1.76. The molecule has 1 aromatic carbocycles. The van der Waals surface area contributed by atoms with E-state index < -0.39 is 0 Å². The van der Waals surface area contributed by atoms with Crippen molar-refractivity contribution < 1.29 is 4.79 Å². The Labute approximate surface area is 123 Å². The molecule has 0 fully saturated rings. The predicted molar refractivity (Wildman–Crippen MR) is 82.5 cm³/mol. The molecule has 20 heavy (non-hydrogen) atoms.